The Labute approximate surface area is 50.1 Å². The summed E-state index contributed by atoms with van der Waals surface area (Å²) in [5.74, 6) is 5.69. The predicted octanol–water partition coefficient (Wildman–Crippen LogP) is 1.38. The first-order valence-electron chi connectivity index (χ1n) is 2.72. The van der Waals surface area contributed by atoms with Crippen LogP contribution in [-0.2, 0) is 4.79 Å². The third-order valence-corrected chi connectivity index (χ3v) is 0.639. The Morgan fingerprint density at radius 3 is 2.50 bits per heavy atom. The monoisotopic (exact) mass is 110 g/mol. The molecule has 1 heteroatoms. The lowest BCUT2D eigenvalue weighted by molar-refractivity contribution is -0.116. The molecule has 0 heterocycles. The third kappa shape index (κ3) is 5.23. The molecule has 0 aliphatic heterocycles. The molecule has 0 aromatic rings. The van der Waals surface area contributed by atoms with Gasteiger partial charge in [0.2, 0.25) is 0 Å². The number of hydrogen-bond donors (Lipinski definition) is 0. The molecule has 0 aromatic carbocycles. The van der Waals surface area contributed by atoms with Gasteiger partial charge in [0, 0.05) is 6.42 Å². The van der Waals surface area contributed by atoms with Gasteiger partial charge in [-0.3, -0.25) is 4.79 Å². The standard InChI is InChI=1S/C7H10O/c1-3-4-5-6-7(2)8/h3,6H2,1-2H3. The molecule has 0 bridgehead atoms. The van der Waals surface area contributed by atoms with Gasteiger partial charge in [-0.15, -0.1) is 5.92 Å². The van der Waals surface area contributed by atoms with Gasteiger partial charge in [0.25, 0.3) is 0 Å². The zero-order chi connectivity index (χ0) is 6.41. The highest BCUT2D eigenvalue weighted by atomic mass is 16.1. The molecule has 0 unspecified atom stereocenters. The summed E-state index contributed by atoms with van der Waals surface area (Å²) >= 11 is 0. The number of hydrogen-bond acceptors (Lipinski definition) is 1. The van der Waals surface area contributed by atoms with E-state index in [0.29, 0.717) is 6.42 Å². The highest BCUT2D eigenvalue weighted by Crippen LogP contribution is 1.77. The quantitative estimate of drug-likeness (QED) is 0.466. The summed E-state index contributed by atoms with van der Waals surface area (Å²) in [6.07, 6.45) is 1.25. The number of Topliss-reactive ketones (excluding diaryl/α,β-unsaturated/α-hetero) is 1. The molecule has 0 N–H and O–H groups in total. The maximum atomic E-state index is 10.2. The summed E-state index contributed by atoms with van der Waals surface area (Å²) in [5, 5.41) is 0. The molecule has 0 amide bonds. The van der Waals surface area contributed by atoms with Gasteiger partial charge in [-0.1, -0.05) is 12.8 Å². The Bertz CT molecular complexity index is 125. The second-order valence-electron chi connectivity index (χ2n) is 1.59. The first-order chi connectivity index (χ1) is 3.77. The number of ketones is 1. The maximum absolute atomic E-state index is 10.2. The Morgan fingerprint density at radius 2 is 2.12 bits per heavy atom. The molecule has 1 nitrogen and oxygen atoms in total. The minimum atomic E-state index is 0.144. The van der Waals surface area contributed by atoms with Crippen molar-refractivity contribution in [1.29, 1.82) is 0 Å². The molecule has 0 rings (SSSR count). The summed E-state index contributed by atoms with van der Waals surface area (Å²) in [7, 11) is 0. The van der Waals surface area contributed by atoms with Crippen molar-refractivity contribution >= 4 is 5.78 Å². The van der Waals surface area contributed by atoms with E-state index < -0.39 is 0 Å². The molecule has 0 fully saturated rings. The second kappa shape index (κ2) is 4.39. The fourth-order valence-corrected chi connectivity index (χ4v) is 0.312. The molecule has 0 aromatic heterocycles. The normalized spacial score (nSPS) is 7.25. The molecule has 0 saturated carbocycles. The van der Waals surface area contributed by atoms with E-state index in [2.05, 4.69) is 11.8 Å². The third-order valence-electron chi connectivity index (χ3n) is 0.639. The maximum Gasteiger partial charge on any atom is 0.141 e. The van der Waals surface area contributed by atoms with E-state index in [0.717, 1.165) is 6.42 Å². The van der Waals surface area contributed by atoms with Crippen LogP contribution in [0.3, 0.4) is 0 Å². The van der Waals surface area contributed by atoms with Crippen LogP contribution in [0.1, 0.15) is 26.7 Å². The molecule has 0 radical (unpaired) electrons. The average molecular weight is 110 g/mol. The zero-order valence-corrected chi connectivity index (χ0v) is 5.32. The SMILES string of the molecule is CCC#CCC(C)=O. The van der Waals surface area contributed by atoms with Gasteiger partial charge in [-0.05, 0) is 6.92 Å². The second-order valence-corrected chi connectivity index (χ2v) is 1.59. The molecule has 8 heavy (non-hydrogen) atoms. The lowest BCUT2D eigenvalue weighted by atomic mass is 10.3. The lowest BCUT2D eigenvalue weighted by Crippen LogP contribution is -1.83. The van der Waals surface area contributed by atoms with E-state index in [1.165, 1.54) is 0 Å². The van der Waals surface area contributed by atoms with Crippen LogP contribution in [0.4, 0.5) is 0 Å². The Hall–Kier alpha value is -0.770. The topological polar surface area (TPSA) is 17.1 Å². The molecule has 0 aliphatic carbocycles. The summed E-state index contributed by atoms with van der Waals surface area (Å²) < 4.78 is 0. The molecule has 0 spiro atoms. The summed E-state index contributed by atoms with van der Waals surface area (Å²) in [4.78, 5) is 10.2. The smallest absolute Gasteiger partial charge is 0.141 e. The van der Waals surface area contributed by atoms with Gasteiger partial charge in [0.1, 0.15) is 5.78 Å². The average Bonchev–Trinajstić information content (AvgIpc) is 1.66. The summed E-state index contributed by atoms with van der Waals surface area (Å²) in [6, 6.07) is 0. The minimum Gasteiger partial charge on any atom is -0.299 e. The molecule has 0 atom stereocenters. The van der Waals surface area contributed by atoms with Gasteiger partial charge < -0.3 is 0 Å². The van der Waals surface area contributed by atoms with Gasteiger partial charge >= 0.3 is 0 Å². The molecular formula is C7H10O. The highest BCUT2D eigenvalue weighted by Gasteiger charge is 1.82. The Kier molecular flexibility index (Phi) is 3.97. The largest absolute Gasteiger partial charge is 0.299 e. The van der Waals surface area contributed by atoms with Crippen molar-refractivity contribution in [2.45, 2.75) is 26.7 Å². The lowest BCUT2D eigenvalue weighted by Gasteiger charge is -1.75. The predicted molar refractivity (Wildman–Crippen MR) is 33.4 cm³/mol. The van der Waals surface area contributed by atoms with Gasteiger partial charge in [0.05, 0.1) is 6.42 Å². The van der Waals surface area contributed by atoms with Crippen LogP contribution in [0.2, 0.25) is 0 Å². The van der Waals surface area contributed by atoms with E-state index >= 15 is 0 Å². The van der Waals surface area contributed by atoms with Crippen molar-refractivity contribution in [3.05, 3.63) is 0 Å². The minimum absolute atomic E-state index is 0.144. The van der Waals surface area contributed by atoms with Crippen LogP contribution < -0.4 is 0 Å². The van der Waals surface area contributed by atoms with Crippen molar-refractivity contribution < 1.29 is 4.79 Å². The van der Waals surface area contributed by atoms with E-state index in [-0.39, 0.29) is 5.78 Å². The molecular weight excluding hydrogens is 100 g/mol. The van der Waals surface area contributed by atoms with Crippen LogP contribution in [0.25, 0.3) is 0 Å². The Morgan fingerprint density at radius 1 is 1.50 bits per heavy atom. The highest BCUT2D eigenvalue weighted by molar-refractivity contribution is 5.77. The van der Waals surface area contributed by atoms with Crippen LogP contribution in [0.5, 0.6) is 0 Å². The van der Waals surface area contributed by atoms with Gasteiger partial charge in [-0.25, -0.2) is 0 Å². The molecule has 44 valence electrons. The van der Waals surface area contributed by atoms with Crippen LogP contribution in [0, 0.1) is 11.8 Å². The van der Waals surface area contributed by atoms with Crippen molar-refractivity contribution in [3.63, 3.8) is 0 Å². The van der Waals surface area contributed by atoms with Crippen LogP contribution in [-0.4, -0.2) is 5.78 Å². The summed E-state index contributed by atoms with van der Waals surface area (Å²) in [6.45, 7) is 3.51. The fourth-order valence-electron chi connectivity index (χ4n) is 0.312. The van der Waals surface area contributed by atoms with Gasteiger partial charge in [-0.2, -0.15) is 0 Å². The number of rotatable bonds is 1. The van der Waals surface area contributed by atoms with Crippen molar-refractivity contribution in [3.8, 4) is 11.8 Å². The first kappa shape index (κ1) is 7.23. The zero-order valence-electron chi connectivity index (χ0n) is 5.32. The molecule has 0 saturated heterocycles. The fraction of sp³-hybridized carbons (Fsp3) is 0.571. The summed E-state index contributed by atoms with van der Waals surface area (Å²) in [5.41, 5.74) is 0. The van der Waals surface area contributed by atoms with Crippen molar-refractivity contribution in [2.24, 2.45) is 0 Å². The van der Waals surface area contributed by atoms with Crippen molar-refractivity contribution in [2.75, 3.05) is 0 Å². The van der Waals surface area contributed by atoms with Crippen LogP contribution in [0.15, 0.2) is 0 Å². The first-order valence-corrected chi connectivity index (χ1v) is 2.72. The van der Waals surface area contributed by atoms with E-state index in [1.807, 2.05) is 6.92 Å². The van der Waals surface area contributed by atoms with E-state index in [1.54, 1.807) is 6.92 Å². The number of carbonyl (C=O) groups is 1. The van der Waals surface area contributed by atoms with E-state index in [9.17, 15) is 4.79 Å². The van der Waals surface area contributed by atoms with E-state index in [4.69, 9.17) is 0 Å². The van der Waals surface area contributed by atoms with Crippen molar-refractivity contribution in [1.82, 2.24) is 0 Å². The molecule has 0 aliphatic rings. The number of carbonyl (C=O) groups excluding carboxylic acids is 1. The van der Waals surface area contributed by atoms with Crippen LogP contribution >= 0.6 is 0 Å². The Balaban J connectivity index is 3.29. The van der Waals surface area contributed by atoms with Gasteiger partial charge in [0.15, 0.2) is 0 Å².